The normalized spacial score (nSPS) is 11.9. The van der Waals surface area contributed by atoms with Gasteiger partial charge in [0, 0.05) is 0 Å². The number of carbonyl (C=O) groups excluding carboxylic acids is 1. The maximum Gasteiger partial charge on any atom is 0.325 e. The van der Waals surface area contributed by atoms with Crippen LogP contribution in [-0.4, -0.2) is 42.0 Å². The van der Waals surface area contributed by atoms with Gasteiger partial charge in [-0.3, -0.25) is 4.79 Å². The van der Waals surface area contributed by atoms with Crippen LogP contribution < -0.4 is 5.73 Å². The second-order valence-corrected chi connectivity index (χ2v) is 2.72. The van der Waals surface area contributed by atoms with Crippen LogP contribution in [0.25, 0.3) is 0 Å². The molecule has 0 aliphatic rings. The van der Waals surface area contributed by atoms with E-state index < -0.39 is 23.7 Å². The number of ether oxygens (including phenoxy) is 1. The van der Waals surface area contributed by atoms with E-state index in [1.165, 1.54) is 0 Å². The summed E-state index contributed by atoms with van der Waals surface area (Å²) in [6.07, 6.45) is 0.848. The highest BCUT2D eigenvalue weighted by molar-refractivity contribution is 5.75. The largest absolute Gasteiger partial charge is 0.464 e. The molecule has 0 radical (unpaired) electrons. The van der Waals surface area contributed by atoms with Crippen LogP contribution in [0.1, 0.15) is 12.8 Å². The molecule has 0 spiro atoms. The first kappa shape index (κ1) is 13.6. The predicted octanol–water partition coefficient (Wildman–Crippen LogP) is -1.16. The van der Waals surface area contributed by atoms with Crippen LogP contribution in [0.5, 0.6) is 0 Å². The van der Waals surface area contributed by atoms with Gasteiger partial charge in [-0.25, -0.2) is 0 Å². The molecule has 0 aromatic rings. The summed E-state index contributed by atoms with van der Waals surface area (Å²) in [6, 6.07) is -1.03. The predicted molar refractivity (Wildman–Crippen MR) is 48.2 cm³/mol. The van der Waals surface area contributed by atoms with Crippen molar-refractivity contribution in [2.24, 2.45) is 5.73 Å². The molecule has 0 bridgehead atoms. The summed E-state index contributed by atoms with van der Waals surface area (Å²) in [5.41, 5.74) is 5.16. The molecule has 0 rings (SSSR count). The van der Waals surface area contributed by atoms with E-state index in [9.17, 15) is 14.9 Å². The van der Waals surface area contributed by atoms with E-state index in [0.29, 0.717) is 12.8 Å². The highest BCUT2D eigenvalue weighted by Gasteiger charge is 2.12. The van der Waals surface area contributed by atoms with Crippen LogP contribution in [0, 0.1) is 10.1 Å². The Labute approximate surface area is 86.1 Å². The lowest BCUT2D eigenvalue weighted by Gasteiger charge is -2.08. The van der Waals surface area contributed by atoms with Crippen LogP contribution in [0.4, 0.5) is 0 Å². The molecule has 1 atom stereocenters. The summed E-state index contributed by atoms with van der Waals surface area (Å²) >= 11 is 0. The highest BCUT2D eigenvalue weighted by atomic mass is 16.9. The fraction of sp³-hybridized carbons (Fsp3) is 0.857. The van der Waals surface area contributed by atoms with Gasteiger partial charge in [-0.2, -0.15) is 0 Å². The fourth-order valence-electron chi connectivity index (χ4n) is 0.698. The van der Waals surface area contributed by atoms with Crippen molar-refractivity contribution in [1.29, 1.82) is 0 Å². The topological polar surface area (TPSA) is 125 Å². The van der Waals surface area contributed by atoms with Gasteiger partial charge >= 0.3 is 5.97 Å². The van der Waals surface area contributed by atoms with Crippen molar-refractivity contribution in [2.45, 2.75) is 18.9 Å². The Hall–Kier alpha value is -1.41. The van der Waals surface area contributed by atoms with E-state index in [1.807, 2.05) is 0 Å². The second-order valence-electron chi connectivity index (χ2n) is 2.72. The number of esters is 1. The third-order valence-electron chi connectivity index (χ3n) is 1.48. The third kappa shape index (κ3) is 7.65. The first-order chi connectivity index (χ1) is 7.07. The second kappa shape index (κ2) is 7.94. The maximum atomic E-state index is 10.9. The van der Waals surface area contributed by atoms with Crippen molar-refractivity contribution < 1.29 is 24.6 Å². The molecule has 0 fully saturated rings. The van der Waals surface area contributed by atoms with E-state index in [0.717, 1.165) is 0 Å². The maximum absolute atomic E-state index is 10.9. The van der Waals surface area contributed by atoms with Gasteiger partial charge in [-0.15, -0.1) is 10.1 Å². The molecule has 0 heterocycles. The average molecular weight is 222 g/mol. The number of hydrogen-bond donors (Lipinski definition) is 2. The molecule has 0 saturated heterocycles. The van der Waals surface area contributed by atoms with E-state index in [4.69, 9.17) is 10.8 Å². The van der Waals surface area contributed by atoms with Crippen LogP contribution in [0.15, 0.2) is 0 Å². The first-order valence-electron chi connectivity index (χ1n) is 4.38. The molecule has 0 aliphatic heterocycles. The van der Waals surface area contributed by atoms with Crippen molar-refractivity contribution >= 4 is 5.97 Å². The molecule has 1 unspecified atom stereocenters. The van der Waals surface area contributed by atoms with Crippen LogP contribution in [-0.2, 0) is 14.4 Å². The summed E-state index contributed by atoms with van der Waals surface area (Å²) < 4.78 is 4.65. The molecule has 0 amide bonds. The van der Waals surface area contributed by atoms with E-state index in [-0.39, 0.29) is 13.2 Å². The summed E-state index contributed by atoms with van der Waals surface area (Å²) in [6.45, 7) is -0.395. The number of hydrogen-bond acceptors (Lipinski definition) is 7. The van der Waals surface area contributed by atoms with Gasteiger partial charge in [-0.1, -0.05) is 0 Å². The standard InChI is InChI=1S/C7H14N2O6/c8-6(5-10)7(11)14-3-1-2-4-15-9(12)13/h6,10H,1-5,8H2. The smallest absolute Gasteiger partial charge is 0.325 e. The molecule has 88 valence electrons. The number of aliphatic hydroxyl groups is 1. The summed E-state index contributed by atoms with van der Waals surface area (Å²) in [4.78, 5) is 24.6. The van der Waals surface area contributed by atoms with Crippen LogP contribution in [0.3, 0.4) is 0 Å². The average Bonchev–Trinajstić information content (AvgIpc) is 2.21. The van der Waals surface area contributed by atoms with Crippen molar-refractivity contribution in [3.63, 3.8) is 0 Å². The summed E-state index contributed by atoms with van der Waals surface area (Å²) in [5.74, 6) is -0.687. The fourth-order valence-corrected chi connectivity index (χ4v) is 0.698. The van der Waals surface area contributed by atoms with E-state index in [1.54, 1.807) is 0 Å². The van der Waals surface area contributed by atoms with Gasteiger partial charge in [0.25, 0.3) is 5.09 Å². The van der Waals surface area contributed by atoms with Gasteiger partial charge in [0.15, 0.2) is 0 Å². The van der Waals surface area contributed by atoms with E-state index in [2.05, 4.69) is 9.57 Å². The van der Waals surface area contributed by atoms with Crippen molar-refractivity contribution in [1.82, 2.24) is 0 Å². The van der Waals surface area contributed by atoms with Crippen molar-refractivity contribution in [3.05, 3.63) is 10.1 Å². The Kier molecular flexibility index (Phi) is 7.20. The molecule has 0 aliphatic carbocycles. The summed E-state index contributed by atoms with van der Waals surface area (Å²) in [5, 5.41) is 17.3. The minimum Gasteiger partial charge on any atom is -0.464 e. The highest BCUT2D eigenvalue weighted by Crippen LogP contribution is 1.93. The minimum absolute atomic E-state index is 0.0311. The van der Waals surface area contributed by atoms with Gasteiger partial charge in [-0.05, 0) is 12.8 Å². The third-order valence-corrected chi connectivity index (χ3v) is 1.48. The van der Waals surface area contributed by atoms with Gasteiger partial charge in [0.2, 0.25) is 0 Å². The van der Waals surface area contributed by atoms with Crippen LogP contribution >= 0.6 is 0 Å². The zero-order chi connectivity index (χ0) is 11.7. The quantitative estimate of drug-likeness (QED) is 0.229. The number of unbranched alkanes of at least 4 members (excludes halogenated alkanes) is 1. The number of rotatable bonds is 8. The Bertz CT molecular complexity index is 210. The zero-order valence-electron chi connectivity index (χ0n) is 8.13. The molecule has 3 N–H and O–H groups in total. The summed E-state index contributed by atoms with van der Waals surface area (Å²) in [7, 11) is 0. The number of aliphatic hydroxyl groups excluding tert-OH is 1. The molecule has 0 aromatic heterocycles. The SMILES string of the molecule is NC(CO)C(=O)OCCCCO[N+](=O)[O-]. The zero-order valence-corrected chi connectivity index (χ0v) is 8.13. The lowest BCUT2D eigenvalue weighted by Crippen LogP contribution is -2.35. The monoisotopic (exact) mass is 222 g/mol. The Morgan fingerprint density at radius 2 is 2.07 bits per heavy atom. The number of carbonyl (C=O) groups is 1. The van der Waals surface area contributed by atoms with Gasteiger partial charge in [0.1, 0.15) is 6.04 Å². The lowest BCUT2D eigenvalue weighted by atomic mass is 10.3. The van der Waals surface area contributed by atoms with Gasteiger partial charge < -0.3 is 20.4 Å². The molecule has 15 heavy (non-hydrogen) atoms. The Morgan fingerprint density at radius 3 is 2.60 bits per heavy atom. The molecule has 0 saturated carbocycles. The number of nitrogens with two attached hydrogens (primary N) is 1. The molecule has 8 heteroatoms. The minimum atomic E-state index is -1.03. The Morgan fingerprint density at radius 1 is 1.47 bits per heavy atom. The first-order valence-corrected chi connectivity index (χ1v) is 4.38. The molecule has 8 nitrogen and oxygen atoms in total. The van der Waals surface area contributed by atoms with Crippen molar-refractivity contribution in [2.75, 3.05) is 19.8 Å². The molecular formula is C7H14N2O6. The van der Waals surface area contributed by atoms with Crippen LogP contribution in [0.2, 0.25) is 0 Å². The number of nitrogens with zero attached hydrogens (tertiary/aromatic N) is 1. The Balaban J connectivity index is 3.31. The molecular weight excluding hydrogens is 208 g/mol. The lowest BCUT2D eigenvalue weighted by molar-refractivity contribution is -0.757. The van der Waals surface area contributed by atoms with Gasteiger partial charge in [0.05, 0.1) is 19.8 Å². The van der Waals surface area contributed by atoms with Crippen molar-refractivity contribution in [3.8, 4) is 0 Å². The molecule has 0 aromatic carbocycles. The van der Waals surface area contributed by atoms with E-state index >= 15 is 0 Å².